The molecule has 1 aromatic rings. The van der Waals surface area contributed by atoms with Crippen LogP contribution in [0, 0.1) is 11.8 Å². The van der Waals surface area contributed by atoms with Crippen LogP contribution >= 0.6 is 0 Å². The zero-order chi connectivity index (χ0) is 16.7. The van der Waals surface area contributed by atoms with Gasteiger partial charge in [0.25, 0.3) is 0 Å². The maximum absolute atomic E-state index is 10.8. The van der Waals surface area contributed by atoms with Crippen LogP contribution in [-0.4, -0.2) is 46.3 Å². The number of carbonyl (C=O) groups is 1. The summed E-state index contributed by atoms with van der Waals surface area (Å²) in [4.78, 5) is 21.5. The fourth-order valence-electron chi connectivity index (χ4n) is 4.56. The van der Waals surface area contributed by atoms with Gasteiger partial charge in [0.1, 0.15) is 11.6 Å². The summed E-state index contributed by atoms with van der Waals surface area (Å²) in [7, 11) is 0. The third kappa shape index (κ3) is 3.05. The highest BCUT2D eigenvalue weighted by molar-refractivity contribution is 5.65. The first-order chi connectivity index (χ1) is 11.6. The van der Waals surface area contributed by atoms with Gasteiger partial charge in [0.15, 0.2) is 0 Å². The van der Waals surface area contributed by atoms with Crippen LogP contribution in [-0.2, 0) is 0 Å². The average molecular weight is 332 g/mol. The zero-order valence-corrected chi connectivity index (χ0v) is 13.6. The number of hydrogen-bond donors (Lipinski definition) is 4. The Morgan fingerprint density at radius 2 is 2.17 bits per heavy atom. The molecular formula is C16H24N6O2. The minimum absolute atomic E-state index is 0.0688. The fraction of sp³-hybridized carbons (Fsp3) is 0.688. The smallest absolute Gasteiger partial charge is 0.404 e. The molecule has 4 atom stereocenters. The Morgan fingerprint density at radius 1 is 1.29 bits per heavy atom. The Hall–Kier alpha value is -2.25. The summed E-state index contributed by atoms with van der Waals surface area (Å²) in [6.45, 7) is 1.37. The van der Waals surface area contributed by atoms with Crippen LogP contribution in [0.3, 0.4) is 0 Å². The summed E-state index contributed by atoms with van der Waals surface area (Å²) in [6.07, 6.45) is 5.02. The third-order valence-corrected chi connectivity index (χ3v) is 5.64. The first-order valence-electron chi connectivity index (χ1n) is 8.72. The van der Waals surface area contributed by atoms with Crippen molar-refractivity contribution in [1.29, 1.82) is 0 Å². The van der Waals surface area contributed by atoms with Gasteiger partial charge in [0.2, 0.25) is 5.95 Å². The first kappa shape index (κ1) is 15.3. The van der Waals surface area contributed by atoms with E-state index < -0.39 is 6.09 Å². The molecule has 1 aliphatic heterocycles. The minimum atomic E-state index is -0.984. The molecule has 2 bridgehead atoms. The molecule has 0 radical (unpaired) electrons. The van der Waals surface area contributed by atoms with Crippen LogP contribution in [0.1, 0.15) is 32.1 Å². The van der Waals surface area contributed by atoms with Gasteiger partial charge in [0, 0.05) is 25.2 Å². The van der Waals surface area contributed by atoms with Crippen molar-refractivity contribution < 1.29 is 9.90 Å². The molecule has 2 heterocycles. The molecule has 1 aromatic heterocycles. The van der Waals surface area contributed by atoms with Crippen LogP contribution in [0.15, 0.2) is 6.07 Å². The van der Waals surface area contributed by atoms with Gasteiger partial charge in [-0.15, -0.1) is 0 Å². The Balaban J connectivity index is 1.45. The minimum Gasteiger partial charge on any atom is -0.465 e. The van der Waals surface area contributed by atoms with Crippen molar-refractivity contribution in [2.45, 2.75) is 44.2 Å². The normalized spacial score (nSPS) is 31.4. The second kappa shape index (κ2) is 5.99. The van der Waals surface area contributed by atoms with E-state index in [1.807, 2.05) is 6.07 Å². The van der Waals surface area contributed by atoms with Gasteiger partial charge in [-0.05, 0) is 37.5 Å². The van der Waals surface area contributed by atoms with Crippen LogP contribution in [0.2, 0.25) is 0 Å². The molecule has 3 fully saturated rings. The molecular weight excluding hydrogens is 308 g/mol. The average Bonchev–Trinajstić information content (AvgIpc) is 3.22. The van der Waals surface area contributed by atoms with Gasteiger partial charge in [-0.2, -0.15) is 9.97 Å². The molecule has 130 valence electrons. The Morgan fingerprint density at radius 3 is 2.88 bits per heavy atom. The van der Waals surface area contributed by atoms with Gasteiger partial charge < -0.3 is 26.4 Å². The number of nitrogen functional groups attached to an aromatic ring is 1. The summed E-state index contributed by atoms with van der Waals surface area (Å²) < 4.78 is 0. The van der Waals surface area contributed by atoms with Gasteiger partial charge in [-0.1, -0.05) is 6.42 Å². The number of carboxylic acid groups (broad SMARTS) is 1. The molecule has 24 heavy (non-hydrogen) atoms. The summed E-state index contributed by atoms with van der Waals surface area (Å²) in [6, 6.07) is 2.36. The van der Waals surface area contributed by atoms with E-state index in [0.717, 1.165) is 36.4 Å². The molecule has 1 amide bonds. The molecule has 8 heteroatoms. The number of amides is 1. The number of nitrogens with two attached hydrogens (primary N) is 1. The molecule has 0 aromatic carbocycles. The van der Waals surface area contributed by atoms with Gasteiger partial charge in [-0.3, -0.25) is 0 Å². The third-order valence-electron chi connectivity index (χ3n) is 5.64. The molecule has 2 aliphatic carbocycles. The molecule has 4 unspecified atom stereocenters. The highest BCUT2D eigenvalue weighted by Gasteiger charge is 2.39. The monoisotopic (exact) mass is 332 g/mol. The van der Waals surface area contributed by atoms with Crippen molar-refractivity contribution in [2.24, 2.45) is 11.8 Å². The van der Waals surface area contributed by atoms with E-state index in [4.69, 9.17) is 10.8 Å². The number of nitrogens with zero attached hydrogens (tertiary/aromatic N) is 3. The van der Waals surface area contributed by atoms with Crippen molar-refractivity contribution in [3.05, 3.63) is 6.07 Å². The highest BCUT2D eigenvalue weighted by atomic mass is 16.4. The number of aromatic nitrogens is 2. The summed E-state index contributed by atoms with van der Waals surface area (Å²) >= 11 is 0. The number of fused-ring (bicyclic) bond motifs is 2. The van der Waals surface area contributed by atoms with E-state index >= 15 is 0 Å². The first-order valence-corrected chi connectivity index (χ1v) is 8.72. The standard InChI is InChI=1S/C16H24N6O2/c17-15-20-13(19-12-6-9-1-2-10(12)5-9)7-14(21-15)22-4-3-11(8-22)18-16(23)24/h7,9-12,18H,1-6,8H2,(H,23,24)(H3,17,19,20,21). The molecule has 4 rings (SSSR count). The summed E-state index contributed by atoms with van der Waals surface area (Å²) in [5, 5.41) is 14.9. The molecule has 8 nitrogen and oxygen atoms in total. The lowest BCUT2D eigenvalue weighted by Gasteiger charge is -2.24. The fourth-order valence-corrected chi connectivity index (χ4v) is 4.56. The maximum Gasteiger partial charge on any atom is 0.404 e. The van der Waals surface area contributed by atoms with Crippen molar-refractivity contribution in [3.63, 3.8) is 0 Å². The lowest BCUT2D eigenvalue weighted by atomic mass is 9.95. The van der Waals surface area contributed by atoms with E-state index in [0.29, 0.717) is 12.6 Å². The Kier molecular flexibility index (Phi) is 3.82. The van der Waals surface area contributed by atoms with Crippen molar-refractivity contribution in [2.75, 3.05) is 29.0 Å². The predicted molar refractivity (Wildman–Crippen MR) is 91.1 cm³/mol. The summed E-state index contributed by atoms with van der Waals surface area (Å²) in [5.74, 6) is 3.43. The van der Waals surface area contributed by atoms with E-state index in [2.05, 4.69) is 25.5 Å². The molecule has 5 N–H and O–H groups in total. The van der Waals surface area contributed by atoms with Gasteiger partial charge in [0.05, 0.1) is 6.04 Å². The number of rotatable bonds is 4. The number of hydrogen-bond acceptors (Lipinski definition) is 6. The maximum atomic E-state index is 10.8. The van der Waals surface area contributed by atoms with Crippen molar-refractivity contribution in [3.8, 4) is 0 Å². The Labute approximate surface area is 140 Å². The quantitative estimate of drug-likeness (QED) is 0.660. The van der Waals surface area contributed by atoms with Crippen LogP contribution in [0.25, 0.3) is 0 Å². The number of anilines is 3. The highest BCUT2D eigenvalue weighted by Crippen LogP contribution is 2.45. The second-order valence-corrected chi connectivity index (χ2v) is 7.28. The van der Waals surface area contributed by atoms with Gasteiger partial charge in [-0.25, -0.2) is 4.79 Å². The zero-order valence-electron chi connectivity index (χ0n) is 13.6. The van der Waals surface area contributed by atoms with Gasteiger partial charge >= 0.3 is 6.09 Å². The van der Waals surface area contributed by atoms with Crippen LogP contribution < -0.4 is 21.3 Å². The molecule has 2 saturated carbocycles. The van der Waals surface area contributed by atoms with E-state index in [9.17, 15) is 4.79 Å². The topological polar surface area (TPSA) is 116 Å². The lowest BCUT2D eigenvalue weighted by Crippen LogP contribution is -2.36. The molecule has 0 spiro atoms. The van der Waals surface area contributed by atoms with E-state index in [1.165, 1.54) is 25.7 Å². The van der Waals surface area contributed by atoms with Crippen LogP contribution in [0.4, 0.5) is 22.4 Å². The van der Waals surface area contributed by atoms with E-state index in [1.54, 1.807) is 0 Å². The Bertz CT molecular complexity index is 639. The van der Waals surface area contributed by atoms with Crippen molar-refractivity contribution in [1.82, 2.24) is 15.3 Å². The second-order valence-electron chi connectivity index (χ2n) is 7.28. The SMILES string of the molecule is Nc1nc(NC2CC3CCC2C3)cc(N2CCC(NC(=O)O)C2)n1. The predicted octanol–water partition coefficient (Wildman–Crippen LogP) is 1.51. The summed E-state index contributed by atoms with van der Waals surface area (Å²) in [5.41, 5.74) is 5.89. The largest absolute Gasteiger partial charge is 0.465 e. The van der Waals surface area contributed by atoms with Crippen molar-refractivity contribution >= 4 is 23.7 Å². The van der Waals surface area contributed by atoms with E-state index in [-0.39, 0.29) is 12.0 Å². The lowest BCUT2D eigenvalue weighted by molar-refractivity contribution is 0.191. The molecule has 1 saturated heterocycles. The number of nitrogens with one attached hydrogen (secondary N) is 2. The molecule has 3 aliphatic rings. The van der Waals surface area contributed by atoms with Crippen LogP contribution in [0.5, 0.6) is 0 Å².